The number of nitrogens with zero attached hydrogens (tertiary/aromatic N) is 2. The van der Waals surface area contributed by atoms with Gasteiger partial charge in [0, 0.05) is 49.4 Å². The Kier molecular flexibility index (Phi) is 6.43. The van der Waals surface area contributed by atoms with E-state index in [-0.39, 0.29) is 16.8 Å². The Morgan fingerprint density at radius 2 is 1.67 bits per heavy atom. The number of carbonyl (C=O) groups excluding carboxylic acids is 1. The molecule has 2 aliphatic rings. The van der Waals surface area contributed by atoms with Crippen molar-refractivity contribution >= 4 is 27.5 Å². The maximum Gasteiger partial charge on any atom is 0.253 e. The molecule has 0 bridgehead atoms. The number of hydrogen-bond acceptors (Lipinski definition) is 4. The Morgan fingerprint density at radius 1 is 0.967 bits per heavy atom. The van der Waals surface area contributed by atoms with Crippen LogP contribution in [0.3, 0.4) is 0 Å². The molecule has 160 valence electrons. The summed E-state index contributed by atoms with van der Waals surface area (Å²) in [5.41, 5.74) is 1.72. The van der Waals surface area contributed by atoms with Gasteiger partial charge in [0.2, 0.25) is 10.0 Å². The lowest BCUT2D eigenvalue weighted by atomic mass is 10.2. The summed E-state index contributed by atoms with van der Waals surface area (Å²) in [5, 5.41) is 0.730. The number of rotatable bonds is 6. The molecular weight excluding hydrogens is 422 g/mol. The van der Waals surface area contributed by atoms with Crippen molar-refractivity contribution in [3.05, 3.63) is 64.7 Å². The molecular formula is C22H26ClN3O3S. The van der Waals surface area contributed by atoms with Gasteiger partial charge in [-0.25, -0.2) is 13.1 Å². The SMILES string of the molecule is O=C(c1ccc(S(=O)(=O)NC2CC2)cc1)N1CCCN(Cc2ccc(Cl)cc2)CC1. The number of nitrogens with one attached hydrogen (secondary N) is 1. The lowest BCUT2D eigenvalue weighted by Crippen LogP contribution is -2.35. The van der Waals surface area contributed by atoms with E-state index in [2.05, 4.69) is 9.62 Å². The van der Waals surface area contributed by atoms with Crippen molar-refractivity contribution in [2.24, 2.45) is 0 Å². The molecule has 2 aromatic carbocycles. The molecule has 0 atom stereocenters. The average molecular weight is 448 g/mol. The molecule has 0 unspecified atom stereocenters. The fraction of sp³-hybridized carbons (Fsp3) is 0.409. The molecule has 1 saturated heterocycles. The number of sulfonamides is 1. The van der Waals surface area contributed by atoms with Crippen LogP contribution >= 0.6 is 11.6 Å². The smallest absolute Gasteiger partial charge is 0.253 e. The van der Waals surface area contributed by atoms with Crippen molar-refractivity contribution < 1.29 is 13.2 Å². The second-order valence-corrected chi connectivity index (χ2v) is 10.1. The van der Waals surface area contributed by atoms with E-state index >= 15 is 0 Å². The normalized spacial score (nSPS) is 18.2. The Morgan fingerprint density at radius 3 is 2.33 bits per heavy atom. The van der Waals surface area contributed by atoms with Crippen LogP contribution in [-0.2, 0) is 16.6 Å². The summed E-state index contributed by atoms with van der Waals surface area (Å²) in [6.45, 7) is 3.90. The Balaban J connectivity index is 1.35. The molecule has 1 saturated carbocycles. The fourth-order valence-electron chi connectivity index (χ4n) is 3.63. The Bertz CT molecular complexity index is 989. The van der Waals surface area contributed by atoms with E-state index < -0.39 is 10.0 Å². The highest BCUT2D eigenvalue weighted by Gasteiger charge is 2.28. The summed E-state index contributed by atoms with van der Waals surface area (Å²) in [4.78, 5) is 17.3. The van der Waals surface area contributed by atoms with Crippen molar-refractivity contribution in [2.75, 3.05) is 26.2 Å². The predicted octanol–water partition coefficient (Wildman–Crippen LogP) is 3.13. The lowest BCUT2D eigenvalue weighted by molar-refractivity contribution is 0.0761. The van der Waals surface area contributed by atoms with Crippen molar-refractivity contribution in [3.63, 3.8) is 0 Å². The van der Waals surface area contributed by atoms with Gasteiger partial charge in [-0.15, -0.1) is 0 Å². The van der Waals surface area contributed by atoms with Crippen molar-refractivity contribution in [1.82, 2.24) is 14.5 Å². The number of amides is 1. The Labute approximate surface area is 182 Å². The maximum atomic E-state index is 12.9. The highest BCUT2D eigenvalue weighted by atomic mass is 35.5. The first-order valence-corrected chi connectivity index (χ1v) is 12.2. The van der Waals surface area contributed by atoms with Gasteiger partial charge in [0.05, 0.1) is 4.90 Å². The minimum absolute atomic E-state index is 0.0533. The van der Waals surface area contributed by atoms with Crippen LogP contribution in [0.2, 0.25) is 5.02 Å². The summed E-state index contributed by atoms with van der Waals surface area (Å²) in [6, 6.07) is 14.2. The van der Waals surface area contributed by atoms with Crippen LogP contribution in [0, 0.1) is 0 Å². The molecule has 0 spiro atoms. The first-order chi connectivity index (χ1) is 14.4. The third kappa shape index (κ3) is 5.40. The van der Waals surface area contributed by atoms with Crippen molar-refractivity contribution in [2.45, 2.75) is 36.7 Å². The summed E-state index contributed by atoms with van der Waals surface area (Å²) >= 11 is 5.96. The second-order valence-electron chi connectivity index (χ2n) is 7.97. The first-order valence-electron chi connectivity index (χ1n) is 10.3. The second kappa shape index (κ2) is 9.06. The monoisotopic (exact) mass is 447 g/mol. The summed E-state index contributed by atoms with van der Waals surface area (Å²) < 4.78 is 27.3. The van der Waals surface area contributed by atoms with Gasteiger partial charge in [-0.3, -0.25) is 9.69 Å². The zero-order chi connectivity index (χ0) is 21.1. The van der Waals surface area contributed by atoms with Crippen LogP contribution in [0.4, 0.5) is 0 Å². The zero-order valence-electron chi connectivity index (χ0n) is 16.8. The third-order valence-electron chi connectivity index (χ3n) is 5.51. The van der Waals surface area contributed by atoms with Crippen LogP contribution in [-0.4, -0.2) is 56.3 Å². The molecule has 6 nitrogen and oxygen atoms in total. The molecule has 2 fully saturated rings. The van der Waals surface area contributed by atoms with Crippen LogP contribution in [0.1, 0.15) is 35.2 Å². The molecule has 2 aromatic rings. The van der Waals surface area contributed by atoms with Crippen LogP contribution in [0.5, 0.6) is 0 Å². The van der Waals surface area contributed by atoms with Gasteiger partial charge in [-0.2, -0.15) is 0 Å². The highest BCUT2D eigenvalue weighted by Crippen LogP contribution is 2.22. The van der Waals surface area contributed by atoms with E-state index in [1.54, 1.807) is 12.1 Å². The molecule has 1 aliphatic heterocycles. The summed E-state index contributed by atoms with van der Waals surface area (Å²) in [6.07, 6.45) is 2.68. The molecule has 0 radical (unpaired) electrons. The van der Waals surface area contributed by atoms with E-state index in [0.29, 0.717) is 18.7 Å². The van der Waals surface area contributed by atoms with Gasteiger partial charge in [-0.1, -0.05) is 23.7 Å². The first kappa shape index (κ1) is 21.3. The molecule has 1 aliphatic carbocycles. The van der Waals surface area contributed by atoms with Crippen molar-refractivity contribution in [1.29, 1.82) is 0 Å². The van der Waals surface area contributed by atoms with Gasteiger partial charge < -0.3 is 4.90 Å². The average Bonchev–Trinajstić information content (AvgIpc) is 3.56. The highest BCUT2D eigenvalue weighted by molar-refractivity contribution is 7.89. The summed E-state index contributed by atoms with van der Waals surface area (Å²) in [5.74, 6) is -0.0533. The van der Waals surface area contributed by atoms with E-state index in [0.717, 1.165) is 43.9 Å². The van der Waals surface area contributed by atoms with E-state index in [1.165, 1.54) is 17.7 Å². The van der Waals surface area contributed by atoms with E-state index in [9.17, 15) is 13.2 Å². The molecule has 8 heteroatoms. The molecule has 0 aromatic heterocycles. The molecule has 4 rings (SSSR count). The maximum absolute atomic E-state index is 12.9. The molecule has 1 amide bonds. The number of benzene rings is 2. The largest absolute Gasteiger partial charge is 0.337 e. The zero-order valence-corrected chi connectivity index (χ0v) is 18.3. The van der Waals surface area contributed by atoms with Gasteiger partial charge in [0.1, 0.15) is 0 Å². The minimum Gasteiger partial charge on any atom is -0.337 e. The molecule has 1 N–H and O–H groups in total. The standard InChI is InChI=1S/C22H26ClN3O3S/c23-19-6-2-17(3-7-19)16-25-12-1-13-26(15-14-25)22(27)18-4-10-21(11-5-18)30(28,29)24-20-8-9-20/h2-7,10-11,20,24H,1,8-9,12-16H2. The van der Waals surface area contributed by atoms with Crippen LogP contribution in [0.25, 0.3) is 0 Å². The molecule has 30 heavy (non-hydrogen) atoms. The van der Waals surface area contributed by atoms with Crippen LogP contribution < -0.4 is 4.72 Å². The van der Waals surface area contributed by atoms with Crippen LogP contribution in [0.15, 0.2) is 53.4 Å². The lowest BCUT2D eigenvalue weighted by Gasteiger charge is -2.22. The minimum atomic E-state index is -3.50. The van der Waals surface area contributed by atoms with E-state index in [4.69, 9.17) is 11.6 Å². The fourth-order valence-corrected chi connectivity index (χ4v) is 5.06. The van der Waals surface area contributed by atoms with Gasteiger partial charge >= 0.3 is 0 Å². The number of carbonyl (C=O) groups is 1. The predicted molar refractivity (Wildman–Crippen MR) is 117 cm³/mol. The number of halogens is 1. The van der Waals surface area contributed by atoms with E-state index in [1.807, 2.05) is 29.2 Å². The molecule has 1 heterocycles. The topological polar surface area (TPSA) is 69.7 Å². The Hall–Kier alpha value is -1.93. The summed E-state index contributed by atoms with van der Waals surface area (Å²) in [7, 11) is -3.50. The third-order valence-corrected chi connectivity index (χ3v) is 7.29. The number of hydrogen-bond donors (Lipinski definition) is 1. The van der Waals surface area contributed by atoms with Crippen molar-refractivity contribution in [3.8, 4) is 0 Å². The van der Waals surface area contributed by atoms with Gasteiger partial charge in [0.25, 0.3) is 5.91 Å². The van der Waals surface area contributed by atoms with Gasteiger partial charge in [-0.05, 0) is 61.2 Å². The quantitative estimate of drug-likeness (QED) is 0.738. The van der Waals surface area contributed by atoms with Gasteiger partial charge in [0.15, 0.2) is 0 Å².